The molecule has 0 aliphatic rings. The van der Waals surface area contributed by atoms with E-state index in [1.807, 2.05) is 18.2 Å². The quantitative estimate of drug-likeness (QED) is 0.824. The Labute approximate surface area is 110 Å². The van der Waals surface area contributed by atoms with Crippen LogP contribution in [0.2, 0.25) is 0 Å². The lowest BCUT2D eigenvalue weighted by atomic mass is 10.3. The molecule has 1 amide bonds. The number of amides is 1. The zero-order valence-corrected chi connectivity index (χ0v) is 10.2. The van der Waals surface area contributed by atoms with Gasteiger partial charge in [-0.3, -0.25) is 9.78 Å². The van der Waals surface area contributed by atoms with E-state index in [-0.39, 0.29) is 11.6 Å². The first-order valence-corrected chi connectivity index (χ1v) is 5.76. The highest BCUT2D eigenvalue weighted by atomic mass is 16.5. The SMILES string of the molecule is NC(=O)c1ccc(N)c(OCCc2ccccn2)n1. The number of anilines is 1. The molecule has 0 aliphatic carbocycles. The average molecular weight is 258 g/mol. The summed E-state index contributed by atoms with van der Waals surface area (Å²) in [6.45, 7) is 0.371. The number of carbonyl (C=O) groups is 1. The fourth-order valence-corrected chi connectivity index (χ4v) is 1.50. The summed E-state index contributed by atoms with van der Waals surface area (Å²) in [4.78, 5) is 19.1. The molecule has 6 heteroatoms. The van der Waals surface area contributed by atoms with Gasteiger partial charge in [0.1, 0.15) is 5.69 Å². The predicted molar refractivity (Wildman–Crippen MR) is 70.6 cm³/mol. The molecule has 2 aromatic heterocycles. The number of nitrogens with two attached hydrogens (primary N) is 2. The molecule has 0 saturated heterocycles. The van der Waals surface area contributed by atoms with Crippen LogP contribution in [-0.4, -0.2) is 22.5 Å². The molecular formula is C13H14N4O2. The van der Waals surface area contributed by atoms with Crippen LogP contribution < -0.4 is 16.2 Å². The van der Waals surface area contributed by atoms with Gasteiger partial charge < -0.3 is 16.2 Å². The Balaban J connectivity index is 1.99. The van der Waals surface area contributed by atoms with Crippen molar-refractivity contribution in [3.8, 4) is 5.88 Å². The van der Waals surface area contributed by atoms with Crippen LogP contribution in [0.1, 0.15) is 16.2 Å². The lowest BCUT2D eigenvalue weighted by Gasteiger charge is -2.08. The maximum atomic E-state index is 11.0. The van der Waals surface area contributed by atoms with Gasteiger partial charge in [0, 0.05) is 18.3 Å². The summed E-state index contributed by atoms with van der Waals surface area (Å²) in [6.07, 6.45) is 2.35. The molecule has 0 atom stereocenters. The van der Waals surface area contributed by atoms with Crippen LogP contribution in [0, 0.1) is 0 Å². The molecule has 0 unspecified atom stereocenters. The fourth-order valence-electron chi connectivity index (χ4n) is 1.50. The van der Waals surface area contributed by atoms with Gasteiger partial charge in [-0.25, -0.2) is 4.98 Å². The van der Waals surface area contributed by atoms with E-state index < -0.39 is 5.91 Å². The number of hydrogen-bond donors (Lipinski definition) is 2. The van der Waals surface area contributed by atoms with Crippen LogP contribution in [0.5, 0.6) is 5.88 Å². The summed E-state index contributed by atoms with van der Waals surface area (Å²) < 4.78 is 5.45. The van der Waals surface area contributed by atoms with E-state index in [2.05, 4.69) is 9.97 Å². The number of aromatic nitrogens is 2. The van der Waals surface area contributed by atoms with Crippen molar-refractivity contribution >= 4 is 11.6 Å². The third kappa shape index (κ3) is 3.41. The third-order valence-corrected chi connectivity index (χ3v) is 2.47. The number of hydrogen-bond acceptors (Lipinski definition) is 5. The van der Waals surface area contributed by atoms with Crippen LogP contribution in [0.3, 0.4) is 0 Å². The van der Waals surface area contributed by atoms with Gasteiger partial charge >= 0.3 is 0 Å². The number of rotatable bonds is 5. The van der Waals surface area contributed by atoms with Gasteiger partial charge in [0.2, 0.25) is 5.88 Å². The summed E-state index contributed by atoms with van der Waals surface area (Å²) in [5.41, 5.74) is 12.3. The lowest BCUT2D eigenvalue weighted by molar-refractivity contribution is 0.0994. The first-order chi connectivity index (χ1) is 9.16. The Kier molecular flexibility index (Phi) is 3.92. The topological polar surface area (TPSA) is 104 Å². The average Bonchev–Trinajstić information content (AvgIpc) is 2.42. The number of nitrogens with zero attached hydrogens (tertiary/aromatic N) is 2. The van der Waals surface area contributed by atoms with Crippen LogP contribution in [-0.2, 0) is 6.42 Å². The minimum absolute atomic E-state index is 0.127. The van der Waals surface area contributed by atoms with Gasteiger partial charge in [-0.15, -0.1) is 0 Å². The lowest BCUT2D eigenvalue weighted by Crippen LogP contribution is -2.14. The van der Waals surface area contributed by atoms with Crippen molar-refractivity contribution < 1.29 is 9.53 Å². The van der Waals surface area contributed by atoms with E-state index in [0.29, 0.717) is 18.7 Å². The first kappa shape index (κ1) is 12.8. The number of ether oxygens (including phenoxy) is 1. The normalized spacial score (nSPS) is 10.1. The second-order valence-corrected chi connectivity index (χ2v) is 3.87. The monoisotopic (exact) mass is 258 g/mol. The fraction of sp³-hybridized carbons (Fsp3) is 0.154. The van der Waals surface area contributed by atoms with E-state index >= 15 is 0 Å². The largest absolute Gasteiger partial charge is 0.476 e. The van der Waals surface area contributed by atoms with Crippen LogP contribution in [0.15, 0.2) is 36.5 Å². The number of primary amides is 1. The maximum Gasteiger partial charge on any atom is 0.267 e. The molecule has 0 radical (unpaired) electrons. The van der Waals surface area contributed by atoms with Crippen LogP contribution >= 0.6 is 0 Å². The number of carbonyl (C=O) groups excluding carboxylic acids is 1. The van der Waals surface area contributed by atoms with Crippen molar-refractivity contribution in [1.82, 2.24) is 9.97 Å². The molecule has 0 aromatic carbocycles. The molecule has 0 bridgehead atoms. The Bertz CT molecular complexity index is 572. The van der Waals surface area contributed by atoms with Gasteiger partial charge in [0.15, 0.2) is 0 Å². The smallest absolute Gasteiger partial charge is 0.267 e. The maximum absolute atomic E-state index is 11.0. The van der Waals surface area contributed by atoms with Crippen molar-refractivity contribution in [2.75, 3.05) is 12.3 Å². The molecule has 19 heavy (non-hydrogen) atoms. The number of pyridine rings is 2. The van der Waals surface area contributed by atoms with Crippen LogP contribution in [0.4, 0.5) is 5.69 Å². The van der Waals surface area contributed by atoms with E-state index in [1.165, 1.54) is 6.07 Å². The van der Waals surface area contributed by atoms with Crippen molar-refractivity contribution in [2.24, 2.45) is 5.73 Å². The highest BCUT2D eigenvalue weighted by molar-refractivity contribution is 5.91. The minimum atomic E-state index is -0.616. The molecule has 98 valence electrons. The molecule has 0 fully saturated rings. The van der Waals surface area contributed by atoms with Gasteiger partial charge in [-0.2, -0.15) is 0 Å². The molecule has 4 N–H and O–H groups in total. The molecule has 0 spiro atoms. The van der Waals surface area contributed by atoms with Gasteiger partial charge in [-0.1, -0.05) is 6.07 Å². The van der Waals surface area contributed by atoms with Gasteiger partial charge in [0.05, 0.1) is 12.3 Å². The molecule has 6 nitrogen and oxygen atoms in total. The van der Waals surface area contributed by atoms with Crippen molar-refractivity contribution in [3.63, 3.8) is 0 Å². The Morgan fingerprint density at radius 2 is 2.11 bits per heavy atom. The van der Waals surface area contributed by atoms with E-state index in [9.17, 15) is 4.79 Å². The van der Waals surface area contributed by atoms with Crippen molar-refractivity contribution in [1.29, 1.82) is 0 Å². The third-order valence-electron chi connectivity index (χ3n) is 2.47. The van der Waals surface area contributed by atoms with Gasteiger partial charge in [0.25, 0.3) is 5.91 Å². The second kappa shape index (κ2) is 5.81. The summed E-state index contributed by atoms with van der Waals surface area (Å²) in [5, 5.41) is 0. The molecule has 2 aromatic rings. The zero-order valence-electron chi connectivity index (χ0n) is 10.2. The minimum Gasteiger partial charge on any atom is -0.476 e. The predicted octanol–water partition coefficient (Wildman–Crippen LogP) is 0.779. The van der Waals surface area contributed by atoms with E-state index in [0.717, 1.165) is 5.69 Å². The standard InChI is InChI=1S/C13H14N4O2/c14-10-4-5-11(12(15)18)17-13(10)19-8-6-9-3-1-2-7-16-9/h1-5,7H,6,8,14H2,(H2,15,18). The summed E-state index contributed by atoms with van der Waals surface area (Å²) in [5.74, 6) is -0.401. The number of nitrogen functional groups attached to an aromatic ring is 1. The molecule has 2 heterocycles. The molecule has 2 rings (SSSR count). The Hall–Kier alpha value is -2.63. The molecule has 0 aliphatic heterocycles. The first-order valence-electron chi connectivity index (χ1n) is 5.76. The van der Waals surface area contributed by atoms with E-state index in [1.54, 1.807) is 12.3 Å². The summed E-state index contributed by atoms with van der Waals surface area (Å²) in [7, 11) is 0. The zero-order chi connectivity index (χ0) is 13.7. The Morgan fingerprint density at radius 1 is 1.26 bits per heavy atom. The van der Waals surface area contributed by atoms with Crippen molar-refractivity contribution in [2.45, 2.75) is 6.42 Å². The second-order valence-electron chi connectivity index (χ2n) is 3.87. The van der Waals surface area contributed by atoms with Crippen molar-refractivity contribution in [3.05, 3.63) is 47.9 Å². The summed E-state index contributed by atoms with van der Waals surface area (Å²) in [6, 6.07) is 8.66. The van der Waals surface area contributed by atoms with Crippen LogP contribution in [0.25, 0.3) is 0 Å². The molecular weight excluding hydrogens is 244 g/mol. The molecule has 0 saturated carbocycles. The highest BCUT2D eigenvalue weighted by Crippen LogP contribution is 2.18. The van der Waals surface area contributed by atoms with E-state index in [4.69, 9.17) is 16.2 Å². The summed E-state index contributed by atoms with van der Waals surface area (Å²) >= 11 is 0. The highest BCUT2D eigenvalue weighted by Gasteiger charge is 2.08. The Morgan fingerprint density at radius 3 is 2.79 bits per heavy atom. The van der Waals surface area contributed by atoms with Gasteiger partial charge in [-0.05, 0) is 24.3 Å².